The molecule has 0 fully saturated rings. The number of halogens is 2. The Balaban J connectivity index is 2.51. The van der Waals surface area contributed by atoms with Crippen LogP contribution < -0.4 is 5.73 Å². The minimum atomic E-state index is -0.560. The number of hydrogen-bond acceptors (Lipinski definition) is 2. The predicted molar refractivity (Wildman–Crippen MR) is 47.8 cm³/mol. The third-order valence-corrected chi connectivity index (χ3v) is 2.41. The van der Waals surface area contributed by atoms with Crippen molar-refractivity contribution in [3.05, 3.63) is 34.9 Å². The zero-order valence-corrected chi connectivity index (χ0v) is 7.59. The van der Waals surface area contributed by atoms with Crippen molar-refractivity contribution in [2.75, 3.05) is 13.2 Å². The Morgan fingerprint density at radius 1 is 1.43 bits per heavy atom. The summed E-state index contributed by atoms with van der Waals surface area (Å²) >= 11 is 0. The molecule has 1 aromatic rings. The molecule has 0 saturated heterocycles. The van der Waals surface area contributed by atoms with E-state index in [0.717, 1.165) is 6.07 Å². The Morgan fingerprint density at radius 3 is 2.93 bits per heavy atom. The van der Waals surface area contributed by atoms with Gasteiger partial charge in [-0.25, -0.2) is 8.78 Å². The molecule has 1 aliphatic rings. The number of nitrogens with two attached hydrogens (primary N) is 1. The van der Waals surface area contributed by atoms with Crippen molar-refractivity contribution in [1.82, 2.24) is 0 Å². The maximum absolute atomic E-state index is 13.4. The summed E-state index contributed by atoms with van der Waals surface area (Å²) in [6, 6.07) is 2.22. The van der Waals surface area contributed by atoms with Gasteiger partial charge in [0.15, 0.2) is 0 Å². The van der Waals surface area contributed by atoms with E-state index in [4.69, 9.17) is 10.5 Å². The van der Waals surface area contributed by atoms with E-state index >= 15 is 0 Å². The van der Waals surface area contributed by atoms with E-state index in [2.05, 4.69) is 0 Å². The second-order valence-electron chi connectivity index (χ2n) is 3.31. The molecule has 2 nitrogen and oxygen atoms in total. The molecular formula is C10H11F2NO. The molecule has 1 atom stereocenters. The Bertz CT molecular complexity index is 354. The second-order valence-corrected chi connectivity index (χ2v) is 3.31. The number of fused-ring (bicyclic) bond motifs is 1. The van der Waals surface area contributed by atoms with Crippen LogP contribution in [0.4, 0.5) is 8.78 Å². The molecule has 1 aliphatic heterocycles. The van der Waals surface area contributed by atoms with Gasteiger partial charge in [-0.15, -0.1) is 0 Å². The molecule has 2 N–H and O–H groups in total. The summed E-state index contributed by atoms with van der Waals surface area (Å²) in [6.45, 7) is 0.688. The van der Waals surface area contributed by atoms with Gasteiger partial charge in [-0.2, -0.15) is 0 Å². The molecule has 1 heterocycles. The van der Waals surface area contributed by atoms with Crippen LogP contribution in [0.2, 0.25) is 0 Å². The molecule has 1 aromatic carbocycles. The average Bonchev–Trinajstić information content (AvgIpc) is 2.16. The lowest BCUT2D eigenvalue weighted by Crippen LogP contribution is -2.24. The SMILES string of the molecule is NC[C@@H]1OCCc2cc(F)cc(F)c21. The first-order valence-corrected chi connectivity index (χ1v) is 4.52. The standard InChI is InChI=1S/C10H11F2NO/c11-7-3-6-1-2-14-9(5-13)10(6)8(12)4-7/h3-4,9H,1-2,5,13H2/t9-/m0/s1. The third kappa shape index (κ3) is 1.51. The number of rotatable bonds is 1. The highest BCUT2D eigenvalue weighted by Gasteiger charge is 2.24. The van der Waals surface area contributed by atoms with Gasteiger partial charge < -0.3 is 10.5 Å². The summed E-state index contributed by atoms with van der Waals surface area (Å²) in [5.41, 5.74) is 6.53. The van der Waals surface area contributed by atoms with Crippen LogP contribution in [-0.2, 0) is 11.2 Å². The lowest BCUT2D eigenvalue weighted by atomic mass is 9.97. The van der Waals surface area contributed by atoms with Gasteiger partial charge in [-0.05, 0) is 18.1 Å². The minimum Gasteiger partial charge on any atom is -0.372 e. The molecule has 76 valence electrons. The summed E-state index contributed by atoms with van der Waals surface area (Å²) in [6.07, 6.45) is 0.111. The van der Waals surface area contributed by atoms with Crippen LogP contribution in [0.3, 0.4) is 0 Å². The fraction of sp³-hybridized carbons (Fsp3) is 0.400. The largest absolute Gasteiger partial charge is 0.372 e. The zero-order chi connectivity index (χ0) is 10.1. The highest BCUT2D eigenvalue weighted by molar-refractivity contribution is 5.33. The van der Waals surface area contributed by atoms with E-state index in [1.54, 1.807) is 0 Å². The van der Waals surface area contributed by atoms with E-state index in [0.29, 0.717) is 24.2 Å². The lowest BCUT2D eigenvalue weighted by Gasteiger charge is -2.25. The minimum absolute atomic E-state index is 0.218. The summed E-state index contributed by atoms with van der Waals surface area (Å²) in [5, 5.41) is 0. The van der Waals surface area contributed by atoms with E-state index in [1.165, 1.54) is 6.07 Å². The fourth-order valence-corrected chi connectivity index (χ4v) is 1.79. The monoisotopic (exact) mass is 199 g/mol. The Kier molecular flexibility index (Phi) is 2.48. The highest BCUT2D eigenvalue weighted by Crippen LogP contribution is 2.29. The summed E-state index contributed by atoms with van der Waals surface area (Å²) < 4.78 is 31.6. The summed E-state index contributed by atoms with van der Waals surface area (Å²) in [5.74, 6) is -1.10. The van der Waals surface area contributed by atoms with Gasteiger partial charge in [0, 0.05) is 18.2 Å². The first-order chi connectivity index (χ1) is 6.72. The number of hydrogen-bond donors (Lipinski definition) is 1. The van der Waals surface area contributed by atoms with E-state index < -0.39 is 17.7 Å². The van der Waals surface area contributed by atoms with Crippen molar-refractivity contribution in [3.63, 3.8) is 0 Å². The molecule has 0 bridgehead atoms. The maximum atomic E-state index is 13.4. The third-order valence-electron chi connectivity index (χ3n) is 2.41. The van der Waals surface area contributed by atoms with Crippen molar-refractivity contribution in [3.8, 4) is 0 Å². The lowest BCUT2D eigenvalue weighted by molar-refractivity contribution is 0.0454. The van der Waals surface area contributed by atoms with Gasteiger partial charge in [0.1, 0.15) is 11.6 Å². The van der Waals surface area contributed by atoms with Crippen molar-refractivity contribution in [2.45, 2.75) is 12.5 Å². The highest BCUT2D eigenvalue weighted by atomic mass is 19.1. The Morgan fingerprint density at radius 2 is 2.21 bits per heavy atom. The average molecular weight is 199 g/mol. The molecule has 0 aliphatic carbocycles. The van der Waals surface area contributed by atoms with Gasteiger partial charge in [0.05, 0.1) is 12.7 Å². The van der Waals surface area contributed by atoms with Gasteiger partial charge in [0.2, 0.25) is 0 Å². The molecule has 0 amide bonds. The number of ether oxygens (including phenoxy) is 1. The smallest absolute Gasteiger partial charge is 0.132 e. The molecule has 0 aromatic heterocycles. The van der Waals surface area contributed by atoms with Gasteiger partial charge >= 0.3 is 0 Å². The normalized spacial score (nSPS) is 20.6. The van der Waals surface area contributed by atoms with Crippen LogP contribution in [0.15, 0.2) is 12.1 Å². The van der Waals surface area contributed by atoms with Crippen LogP contribution in [-0.4, -0.2) is 13.2 Å². The van der Waals surface area contributed by atoms with Crippen LogP contribution in [0.5, 0.6) is 0 Å². The summed E-state index contributed by atoms with van der Waals surface area (Å²) in [7, 11) is 0. The van der Waals surface area contributed by atoms with Crippen molar-refractivity contribution in [1.29, 1.82) is 0 Å². The molecule has 0 spiro atoms. The van der Waals surface area contributed by atoms with E-state index in [1.807, 2.05) is 0 Å². The maximum Gasteiger partial charge on any atom is 0.132 e. The molecule has 4 heteroatoms. The van der Waals surface area contributed by atoms with Crippen LogP contribution >= 0.6 is 0 Å². The first-order valence-electron chi connectivity index (χ1n) is 4.52. The summed E-state index contributed by atoms with van der Waals surface area (Å²) in [4.78, 5) is 0. The quantitative estimate of drug-likeness (QED) is 0.744. The van der Waals surface area contributed by atoms with Crippen molar-refractivity contribution < 1.29 is 13.5 Å². The van der Waals surface area contributed by atoms with Crippen LogP contribution in [0.25, 0.3) is 0 Å². The molecule has 14 heavy (non-hydrogen) atoms. The van der Waals surface area contributed by atoms with Gasteiger partial charge in [0.25, 0.3) is 0 Å². The molecule has 0 radical (unpaired) electrons. The van der Waals surface area contributed by atoms with Gasteiger partial charge in [-0.1, -0.05) is 0 Å². The van der Waals surface area contributed by atoms with Gasteiger partial charge in [-0.3, -0.25) is 0 Å². The molecular weight excluding hydrogens is 188 g/mol. The van der Waals surface area contributed by atoms with E-state index in [-0.39, 0.29) is 6.54 Å². The van der Waals surface area contributed by atoms with Crippen molar-refractivity contribution in [2.24, 2.45) is 5.73 Å². The molecule has 0 unspecified atom stereocenters. The topological polar surface area (TPSA) is 35.2 Å². The Hall–Kier alpha value is -1.00. The van der Waals surface area contributed by atoms with E-state index in [9.17, 15) is 8.78 Å². The second kappa shape index (κ2) is 3.63. The van der Waals surface area contributed by atoms with Crippen LogP contribution in [0.1, 0.15) is 17.2 Å². The van der Waals surface area contributed by atoms with Crippen LogP contribution in [0, 0.1) is 11.6 Å². The zero-order valence-electron chi connectivity index (χ0n) is 7.59. The predicted octanol–water partition coefficient (Wildman–Crippen LogP) is 1.54. The Labute approximate surface area is 80.7 Å². The molecule has 0 saturated carbocycles. The van der Waals surface area contributed by atoms with Crippen molar-refractivity contribution >= 4 is 0 Å². The fourth-order valence-electron chi connectivity index (χ4n) is 1.79. The molecule has 2 rings (SSSR count). The first kappa shape index (κ1) is 9.55. The number of benzene rings is 1.